The SMILES string of the molecule is CNc1nc(C)nc2c1ncn2C1C(O)C(O)C2(CO)CC12.CNc1nc(C)nc2c1ncn2C1C(O)C(O)C2(CO)CC12.Cc1nc(N)c2ncn(C3C(O)C(O)C4(CO)CC34)c2n1.Cc1nc(N)c2ncn(C3C(O)C(O)C4(CO)CC34)c2n1.Nc1ccnc2c1ncn2C12CC1C(CO)C(O)C2O. The number of aliphatic hydroxyl groups excluding tert-OH is 15. The molecule has 10 fully saturated rings. The number of hydrogen-bond acceptors (Lipinski definition) is 34. The van der Waals surface area contributed by atoms with E-state index in [0.29, 0.717) is 140 Å². The summed E-state index contributed by atoms with van der Waals surface area (Å²) in [5.74, 6) is 3.98. The summed E-state index contributed by atoms with van der Waals surface area (Å²) in [6, 6.07) is 0.312. The number of rotatable bonds is 12. The topological polar surface area (TPSA) is 611 Å². The van der Waals surface area contributed by atoms with Crippen LogP contribution in [0.1, 0.15) is 79.6 Å². The van der Waals surface area contributed by atoms with Crippen molar-refractivity contribution in [2.24, 2.45) is 57.2 Å². The van der Waals surface area contributed by atoms with E-state index in [4.69, 9.17) is 17.2 Å². The first-order chi connectivity index (χ1) is 50.7. The Morgan fingerprint density at radius 3 is 1.04 bits per heavy atom. The summed E-state index contributed by atoms with van der Waals surface area (Å²) < 4.78 is 8.95. The summed E-state index contributed by atoms with van der Waals surface area (Å²) in [5, 5.41) is 157. The first-order valence-corrected chi connectivity index (χ1v) is 35.3. The summed E-state index contributed by atoms with van der Waals surface area (Å²) in [4.78, 5) is 60.1. The Morgan fingerprint density at radius 1 is 0.387 bits per heavy atom. The number of aryl methyl sites for hydroxylation is 4. The van der Waals surface area contributed by atoms with E-state index in [1.807, 2.05) is 13.7 Å². The standard InChI is InChI=1S/2C14H19N5O3.2C13H17N5O3.C13H16N4O3/c2*1-6-17-12(15-2)8-13(18-6)19(5-16-8)9-7-3-14(7,4-20)11(22)10(9)21;2*1-5-16-11(14)7-12(17-5)18(4-15-7)8-6-2-13(6,3-19)10(21)9(8)20;14-8-1-2-15-12-9(8)16-5-17(12)13-3-7(13)6(4-18)10(19)11(13)20/h2*5,7,9-11,20-22H,3-4H2,1-2H3,(H,15,17,18);2*4,6,8-10,19-21H,2-3H2,1H3,(H2,14,16,17);1-2,5-7,10-11,18-20H,3-4H2,(H2,14,15). The molecular formula is C67H88N24O15. The van der Waals surface area contributed by atoms with Gasteiger partial charge in [0.2, 0.25) is 0 Å². The van der Waals surface area contributed by atoms with Gasteiger partial charge < -0.3 is 127 Å². The highest BCUT2D eigenvalue weighted by atomic mass is 16.4. The minimum absolute atomic E-state index is 0.0152. The van der Waals surface area contributed by atoms with Crippen LogP contribution in [-0.2, 0) is 5.54 Å². The van der Waals surface area contributed by atoms with E-state index in [9.17, 15) is 76.6 Å². The van der Waals surface area contributed by atoms with E-state index >= 15 is 0 Å². The molecule has 0 bridgehead atoms. The van der Waals surface area contributed by atoms with Crippen molar-refractivity contribution >= 4 is 84.8 Å². The van der Waals surface area contributed by atoms with Crippen LogP contribution in [0, 0.1) is 84.9 Å². The van der Waals surface area contributed by atoms with Gasteiger partial charge in [0.05, 0.1) is 124 Å². The molecule has 0 spiro atoms. The number of pyridine rings is 1. The molecule has 10 heterocycles. The number of aromatic nitrogens is 19. The third-order valence-corrected chi connectivity index (χ3v) is 25.5. The van der Waals surface area contributed by atoms with E-state index in [-0.39, 0.29) is 92.7 Å². The van der Waals surface area contributed by atoms with Crippen LogP contribution in [0.2, 0.25) is 0 Å². The molecular weight excluding hydrogens is 1380 g/mol. The molecule has 10 aliphatic rings. The highest BCUT2D eigenvalue weighted by Crippen LogP contribution is 2.71. The number of nitrogen functional groups attached to an aromatic ring is 3. The van der Waals surface area contributed by atoms with Gasteiger partial charge in [-0.25, -0.2) is 69.8 Å². The van der Waals surface area contributed by atoms with Crippen molar-refractivity contribution in [3.05, 3.63) is 67.2 Å². The Hall–Kier alpha value is -8.78. The molecule has 106 heavy (non-hydrogen) atoms. The fraction of sp³-hybridized carbons (Fsp3) is 0.612. The lowest BCUT2D eigenvalue weighted by Gasteiger charge is -2.23. The highest BCUT2D eigenvalue weighted by Gasteiger charge is 2.75. The second-order valence-corrected chi connectivity index (χ2v) is 30.6. The lowest BCUT2D eigenvalue weighted by molar-refractivity contribution is -0.0301. The van der Waals surface area contributed by atoms with Gasteiger partial charge in [-0.15, -0.1) is 0 Å². The van der Waals surface area contributed by atoms with Crippen LogP contribution < -0.4 is 27.8 Å². The monoisotopic (exact) mass is 1470 g/mol. The van der Waals surface area contributed by atoms with E-state index < -0.39 is 88.2 Å². The molecule has 0 amide bonds. The summed E-state index contributed by atoms with van der Waals surface area (Å²) >= 11 is 0. The average molecular weight is 1470 g/mol. The minimum Gasteiger partial charge on any atom is -0.397 e. The molecule has 39 heteroatoms. The number of nitrogens with two attached hydrogens (primary N) is 3. The van der Waals surface area contributed by atoms with Crippen molar-refractivity contribution < 1.29 is 76.6 Å². The largest absolute Gasteiger partial charge is 0.397 e. The number of aliphatic hydroxyl groups is 15. The quantitative estimate of drug-likeness (QED) is 0.0554. The number of nitrogens with one attached hydrogen (secondary N) is 2. The Bertz CT molecular complexity index is 4830. The van der Waals surface area contributed by atoms with Crippen molar-refractivity contribution in [3.63, 3.8) is 0 Å². The van der Waals surface area contributed by atoms with Crippen LogP contribution in [0.4, 0.5) is 29.0 Å². The average Bonchev–Trinajstić information content (AvgIpc) is 1.53. The first kappa shape index (κ1) is 71.5. The molecule has 25 unspecified atom stereocenters. The van der Waals surface area contributed by atoms with Gasteiger partial charge in [-0.05, 0) is 95.5 Å². The van der Waals surface area contributed by atoms with E-state index in [1.165, 1.54) is 0 Å². The summed E-state index contributed by atoms with van der Waals surface area (Å²) in [7, 11) is 3.54. The molecule has 566 valence electrons. The van der Waals surface area contributed by atoms with Crippen LogP contribution in [0.5, 0.6) is 0 Å². The zero-order chi connectivity index (χ0) is 75.2. The molecule has 20 rings (SSSR count). The van der Waals surface area contributed by atoms with E-state index in [2.05, 4.69) is 80.4 Å². The lowest BCUT2D eigenvalue weighted by Crippen LogP contribution is -2.38. The number of nitrogens with zero attached hydrogens (tertiary/aromatic N) is 19. The second kappa shape index (κ2) is 25.2. The van der Waals surface area contributed by atoms with Gasteiger partial charge in [-0.2, -0.15) is 0 Å². The predicted molar refractivity (Wildman–Crippen MR) is 373 cm³/mol. The Morgan fingerprint density at radius 2 is 0.717 bits per heavy atom. The van der Waals surface area contributed by atoms with Crippen molar-refractivity contribution in [1.82, 2.24) is 92.6 Å². The first-order valence-electron chi connectivity index (χ1n) is 35.3. The third kappa shape index (κ3) is 10.1. The molecule has 10 aromatic heterocycles. The zero-order valence-corrected chi connectivity index (χ0v) is 58.6. The van der Waals surface area contributed by atoms with Gasteiger partial charge in [0.25, 0.3) is 0 Å². The number of imidazole rings is 5. The minimum atomic E-state index is -0.954. The van der Waals surface area contributed by atoms with Crippen molar-refractivity contribution in [1.29, 1.82) is 0 Å². The summed E-state index contributed by atoms with van der Waals surface area (Å²) in [6.45, 7) is 6.45. The van der Waals surface area contributed by atoms with Gasteiger partial charge in [-0.1, -0.05) is 0 Å². The maximum absolute atomic E-state index is 10.4. The zero-order valence-electron chi connectivity index (χ0n) is 58.6. The molecule has 10 aromatic rings. The molecule has 25 atom stereocenters. The van der Waals surface area contributed by atoms with Crippen LogP contribution in [0.3, 0.4) is 0 Å². The van der Waals surface area contributed by atoms with Crippen LogP contribution in [0.25, 0.3) is 55.8 Å². The smallest absolute Gasteiger partial charge is 0.166 e. The van der Waals surface area contributed by atoms with E-state index in [0.717, 1.165) is 0 Å². The van der Waals surface area contributed by atoms with Crippen molar-refractivity contribution in [2.75, 3.05) is 75.0 Å². The van der Waals surface area contributed by atoms with Crippen LogP contribution in [-0.4, -0.2) is 277 Å². The maximum atomic E-state index is 10.4. The number of fused-ring (bicyclic) bond motifs is 10. The van der Waals surface area contributed by atoms with Gasteiger partial charge in [0.1, 0.15) is 81.4 Å². The fourth-order valence-corrected chi connectivity index (χ4v) is 19.4. The van der Waals surface area contributed by atoms with E-state index in [1.54, 1.807) is 94.8 Å². The lowest BCUT2D eigenvalue weighted by atomic mass is 10.0. The fourth-order valence-electron chi connectivity index (χ4n) is 19.4. The van der Waals surface area contributed by atoms with Crippen LogP contribution in [0.15, 0.2) is 43.9 Å². The molecule has 39 nitrogen and oxygen atoms in total. The number of anilines is 5. The molecule has 10 aliphatic carbocycles. The number of hydrogen-bond donors (Lipinski definition) is 20. The van der Waals surface area contributed by atoms with Gasteiger partial charge >= 0.3 is 0 Å². The summed E-state index contributed by atoms with van der Waals surface area (Å²) in [6.07, 6.45) is 3.78. The van der Waals surface area contributed by atoms with Crippen LogP contribution >= 0.6 is 0 Å². The van der Waals surface area contributed by atoms with Crippen molar-refractivity contribution in [2.45, 2.75) is 151 Å². The van der Waals surface area contributed by atoms with Crippen molar-refractivity contribution in [3.8, 4) is 0 Å². The molecule has 0 aromatic carbocycles. The Balaban J connectivity index is 0.000000102. The summed E-state index contributed by atoms with van der Waals surface area (Å²) in [5.41, 5.74) is 21.0. The van der Waals surface area contributed by atoms with Gasteiger partial charge in [0, 0.05) is 54.5 Å². The third-order valence-electron chi connectivity index (χ3n) is 25.5. The Labute approximate surface area is 601 Å². The van der Waals surface area contributed by atoms with Gasteiger partial charge in [0.15, 0.2) is 51.5 Å². The highest BCUT2D eigenvalue weighted by molar-refractivity contribution is 5.86. The molecule has 0 saturated heterocycles. The molecule has 23 N–H and O–H groups in total. The normalized spacial score (nSPS) is 37.6. The molecule has 10 saturated carbocycles. The van der Waals surface area contributed by atoms with Gasteiger partial charge in [-0.3, -0.25) is 0 Å². The molecule has 0 aliphatic heterocycles. The Kier molecular flexibility index (Phi) is 17.0. The predicted octanol–water partition coefficient (Wildman–Crippen LogP) is -4.04. The maximum Gasteiger partial charge on any atom is 0.166 e. The molecule has 0 radical (unpaired) electrons. The second-order valence-electron chi connectivity index (χ2n) is 30.6.